The molecule has 0 saturated carbocycles. The van der Waals surface area contributed by atoms with Gasteiger partial charge in [-0.3, -0.25) is 4.99 Å². The van der Waals surface area contributed by atoms with Crippen LogP contribution in [0.5, 0.6) is 0 Å². The number of aromatic nitrogens is 2. The minimum absolute atomic E-state index is 0. The Morgan fingerprint density at radius 2 is 1.92 bits per heavy atom. The van der Waals surface area contributed by atoms with Crippen LogP contribution in [0.3, 0.4) is 0 Å². The van der Waals surface area contributed by atoms with Gasteiger partial charge in [-0.15, -0.1) is 35.7 Å². The molecule has 0 amide bonds. The van der Waals surface area contributed by atoms with E-state index < -0.39 is 0 Å². The van der Waals surface area contributed by atoms with Crippen LogP contribution in [0.15, 0.2) is 46.5 Å². The molecule has 1 heterocycles. The molecule has 2 N–H and O–H groups in total. The number of aliphatic imine (C=N–C) groups is 1. The fourth-order valence-corrected chi connectivity index (χ4v) is 3.24. The highest BCUT2D eigenvalue weighted by atomic mass is 127. The molecule has 1 aromatic heterocycles. The lowest BCUT2D eigenvalue weighted by Crippen LogP contribution is -2.38. The van der Waals surface area contributed by atoms with Crippen molar-refractivity contribution in [2.24, 2.45) is 4.99 Å². The molecule has 0 atom stereocenters. The number of rotatable bonds is 9. The molecule has 1 aromatic carbocycles. The summed E-state index contributed by atoms with van der Waals surface area (Å²) in [6.45, 7) is 4.82. The number of imidazole rings is 1. The van der Waals surface area contributed by atoms with Gasteiger partial charge in [0.25, 0.3) is 0 Å². The van der Waals surface area contributed by atoms with Crippen LogP contribution in [0.1, 0.15) is 18.7 Å². The molecule has 0 saturated heterocycles. The number of nitrogens with one attached hydrogen (secondary N) is 2. The molecule has 0 spiro atoms. The van der Waals surface area contributed by atoms with Crippen molar-refractivity contribution in [3.05, 3.63) is 47.5 Å². The van der Waals surface area contributed by atoms with E-state index in [1.165, 1.54) is 4.90 Å². The zero-order chi connectivity index (χ0) is 17.9. The largest absolute Gasteiger partial charge is 0.356 e. The Kier molecular flexibility index (Phi) is 11.8. The highest BCUT2D eigenvalue weighted by Crippen LogP contribution is 2.19. The number of nitrogens with zero attached hydrogens (tertiary/aromatic N) is 3. The van der Waals surface area contributed by atoms with Crippen molar-refractivity contribution < 1.29 is 0 Å². The van der Waals surface area contributed by atoms with E-state index in [0.717, 1.165) is 55.0 Å². The Morgan fingerprint density at radius 1 is 1.19 bits per heavy atom. The zero-order valence-electron chi connectivity index (χ0n) is 15.2. The molecule has 0 aliphatic carbocycles. The fourth-order valence-electron chi connectivity index (χ4n) is 2.34. The molecule has 0 aliphatic heterocycles. The first kappa shape index (κ1) is 23.1. The third-order valence-corrected chi connectivity index (χ3v) is 5.01. The van der Waals surface area contributed by atoms with Crippen molar-refractivity contribution in [1.29, 1.82) is 0 Å². The molecule has 144 valence electrons. The first-order chi connectivity index (χ1) is 12.2. The first-order valence-corrected chi connectivity index (χ1v) is 9.86. The van der Waals surface area contributed by atoms with Crippen LogP contribution < -0.4 is 10.6 Å². The smallest absolute Gasteiger partial charge is 0.191 e. The maximum absolute atomic E-state index is 5.89. The van der Waals surface area contributed by atoms with E-state index in [1.807, 2.05) is 43.6 Å². The summed E-state index contributed by atoms with van der Waals surface area (Å²) in [6, 6.07) is 7.93. The van der Waals surface area contributed by atoms with Gasteiger partial charge in [0.2, 0.25) is 0 Å². The van der Waals surface area contributed by atoms with Crippen LogP contribution in [-0.4, -0.2) is 41.4 Å². The highest BCUT2D eigenvalue weighted by molar-refractivity contribution is 14.0. The lowest BCUT2D eigenvalue weighted by Gasteiger charge is -2.12. The number of thioether (sulfide) groups is 1. The molecule has 26 heavy (non-hydrogen) atoms. The predicted molar refractivity (Wildman–Crippen MR) is 123 cm³/mol. The molecule has 8 heteroatoms. The summed E-state index contributed by atoms with van der Waals surface area (Å²) in [6.07, 6.45) is 6.09. The van der Waals surface area contributed by atoms with E-state index in [-0.39, 0.29) is 24.0 Å². The average molecular weight is 508 g/mol. The van der Waals surface area contributed by atoms with Gasteiger partial charge in [0.15, 0.2) is 5.96 Å². The Labute approximate surface area is 182 Å². The van der Waals surface area contributed by atoms with Crippen LogP contribution in [0.25, 0.3) is 0 Å². The lowest BCUT2D eigenvalue weighted by molar-refractivity contribution is 0.588. The van der Waals surface area contributed by atoms with Crippen LogP contribution in [0, 0.1) is 6.92 Å². The summed E-state index contributed by atoms with van der Waals surface area (Å²) >= 11 is 7.69. The van der Waals surface area contributed by atoms with Gasteiger partial charge in [-0.25, -0.2) is 4.98 Å². The molecular weight excluding hydrogens is 481 g/mol. The number of guanidine groups is 1. The maximum Gasteiger partial charge on any atom is 0.191 e. The predicted octanol–water partition coefficient (Wildman–Crippen LogP) is 4.20. The minimum Gasteiger partial charge on any atom is -0.356 e. The molecule has 0 fully saturated rings. The SMILES string of the molecule is CN=C(NCCCCn1ccnc1C)NCCSc1ccc(Cl)cc1.I. The van der Waals surface area contributed by atoms with E-state index in [2.05, 4.69) is 25.2 Å². The van der Waals surface area contributed by atoms with Gasteiger partial charge in [-0.1, -0.05) is 11.6 Å². The maximum atomic E-state index is 5.89. The minimum atomic E-state index is 0. The third kappa shape index (κ3) is 8.64. The second-order valence-corrected chi connectivity index (χ2v) is 7.21. The Balaban J connectivity index is 0.00000338. The van der Waals surface area contributed by atoms with Gasteiger partial charge < -0.3 is 15.2 Å². The summed E-state index contributed by atoms with van der Waals surface area (Å²) in [5, 5.41) is 7.47. The molecular formula is C18H27ClIN5S. The molecule has 0 radical (unpaired) electrons. The van der Waals surface area contributed by atoms with Crippen molar-refractivity contribution in [1.82, 2.24) is 20.2 Å². The van der Waals surface area contributed by atoms with Gasteiger partial charge in [0.05, 0.1) is 0 Å². The normalized spacial score (nSPS) is 11.1. The summed E-state index contributed by atoms with van der Waals surface area (Å²) in [7, 11) is 1.80. The molecule has 2 rings (SSSR count). The quantitative estimate of drug-likeness (QED) is 0.176. The van der Waals surface area contributed by atoms with E-state index in [9.17, 15) is 0 Å². The number of hydrogen-bond acceptors (Lipinski definition) is 3. The van der Waals surface area contributed by atoms with Crippen molar-refractivity contribution in [3.8, 4) is 0 Å². The van der Waals surface area contributed by atoms with Crippen molar-refractivity contribution in [2.45, 2.75) is 31.2 Å². The number of hydrogen-bond donors (Lipinski definition) is 2. The summed E-state index contributed by atoms with van der Waals surface area (Å²) in [4.78, 5) is 9.72. The van der Waals surface area contributed by atoms with Crippen LogP contribution >= 0.6 is 47.3 Å². The fraction of sp³-hybridized carbons (Fsp3) is 0.444. The lowest BCUT2D eigenvalue weighted by atomic mass is 10.3. The standard InChI is InChI=1S/C18H26ClN5S.HI/c1-15-21-10-13-24(15)12-4-3-9-22-18(20-2)23-11-14-25-17-7-5-16(19)6-8-17;/h5-8,10,13H,3-4,9,11-12,14H2,1-2H3,(H2,20,22,23);1H. The van der Waals surface area contributed by atoms with E-state index >= 15 is 0 Å². The number of aryl methyl sites for hydroxylation is 2. The monoisotopic (exact) mass is 507 g/mol. The Hall–Kier alpha value is -0.930. The topological polar surface area (TPSA) is 54.2 Å². The van der Waals surface area contributed by atoms with E-state index in [4.69, 9.17) is 11.6 Å². The third-order valence-electron chi connectivity index (χ3n) is 3.74. The Morgan fingerprint density at radius 3 is 2.58 bits per heavy atom. The molecule has 2 aromatic rings. The first-order valence-electron chi connectivity index (χ1n) is 8.49. The zero-order valence-corrected chi connectivity index (χ0v) is 19.1. The van der Waals surface area contributed by atoms with Gasteiger partial charge in [0, 0.05) is 54.7 Å². The van der Waals surface area contributed by atoms with Crippen molar-refractivity contribution in [3.63, 3.8) is 0 Å². The van der Waals surface area contributed by atoms with Gasteiger partial charge in [-0.2, -0.15) is 0 Å². The summed E-state index contributed by atoms with van der Waals surface area (Å²) in [5.74, 6) is 2.90. The van der Waals surface area contributed by atoms with Crippen LogP contribution in [0.2, 0.25) is 5.02 Å². The van der Waals surface area contributed by atoms with E-state index in [0.29, 0.717) is 0 Å². The van der Waals surface area contributed by atoms with Crippen molar-refractivity contribution >= 4 is 53.3 Å². The number of halogens is 2. The average Bonchev–Trinajstić information content (AvgIpc) is 3.03. The Bertz CT molecular complexity index is 660. The molecule has 5 nitrogen and oxygen atoms in total. The number of unbranched alkanes of at least 4 members (excludes halogenated alkanes) is 1. The number of benzene rings is 1. The second-order valence-electron chi connectivity index (χ2n) is 5.60. The van der Waals surface area contributed by atoms with Gasteiger partial charge in [0.1, 0.15) is 5.82 Å². The van der Waals surface area contributed by atoms with Gasteiger partial charge in [-0.05, 0) is 44.0 Å². The van der Waals surface area contributed by atoms with Crippen LogP contribution in [0.4, 0.5) is 0 Å². The second kappa shape index (κ2) is 13.3. The van der Waals surface area contributed by atoms with Gasteiger partial charge >= 0.3 is 0 Å². The molecule has 0 unspecified atom stereocenters. The molecule has 0 aliphatic rings. The summed E-state index contributed by atoms with van der Waals surface area (Å²) < 4.78 is 2.18. The summed E-state index contributed by atoms with van der Waals surface area (Å²) in [5.41, 5.74) is 0. The van der Waals surface area contributed by atoms with Crippen LogP contribution in [-0.2, 0) is 6.54 Å². The van der Waals surface area contributed by atoms with E-state index in [1.54, 1.807) is 18.8 Å². The molecule has 0 bridgehead atoms. The highest BCUT2D eigenvalue weighted by Gasteiger charge is 1.99. The van der Waals surface area contributed by atoms with Crippen molar-refractivity contribution in [2.75, 3.05) is 25.9 Å².